The molecule has 2 aromatic carbocycles. The van der Waals surface area contributed by atoms with Crippen molar-refractivity contribution in [2.75, 3.05) is 5.32 Å². The number of halogens is 3. The van der Waals surface area contributed by atoms with Gasteiger partial charge in [0.1, 0.15) is 0 Å². The number of rotatable bonds is 2. The first kappa shape index (κ1) is 13.3. The predicted molar refractivity (Wildman–Crippen MR) is 67.7 cm³/mol. The third-order valence-electron chi connectivity index (χ3n) is 2.88. The molecule has 0 saturated heterocycles. The lowest BCUT2D eigenvalue weighted by Gasteiger charge is -2.23. The van der Waals surface area contributed by atoms with E-state index in [0.29, 0.717) is 11.5 Å². The largest absolute Gasteiger partial charge is 0.449 e. The molecule has 0 aliphatic carbocycles. The van der Waals surface area contributed by atoms with Crippen LogP contribution in [0.25, 0.3) is 0 Å². The Morgan fingerprint density at radius 3 is 2.29 bits per heavy atom. The first-order chi connectivity index (χ1) is 9.99. The maximum absolute atomic E-state index is 12.9. The summed E-state index contributed by atoms with van der Waals surface area (Å²) < 4.78 is 49.5. The maximum Gasteiger partial charge on any atom is 0.416 e. The van der Waals surface area contributed by atoms with Crippen molar-refractivity contribution >= 4 is 12.1 Å². The van der Waals surface area contributed by atoms with Crippen molar-refractivity contribution in [2.45, 2.75) is 6.18 Å². The Labute approximate surface area is 117 Å². The number of anilines is 1. The third-order valence-corrected chi connectivity index (χ3v) is 2.88. The molecule has 1 N–H and O–H groups in total. The zero-order chi connectivity index (χ0) is 15.0. The van der Waals surface area contributed by atoms with Crippen LogP contribution < -0.4 is 14.8 Å². The van der Waals surface area contributed by atoms with Gasteiger partial charge in [-0.25, -0.2) is 0 Å². The summed E-state index contributed by atoms with van der Waals surface area (Å²) in [6.45, 7) is 0. The molecule has 3 rings (SSSR count). The molecule has 1 amide bonds. The van der Waals surface area contributed by atoms with Crippen LogP contribution in [0.3, 0.4) is 0 Å². The quantitative estimate of drug-likeness (QED) is 0.722. The minimum absolute atomic E-state index is 0.0359. The van der Waals surface area contributed by atoms with Gasteiger partial charge in [-0.15, -0.1) is 0 Å². The number of ether oxygens (including phenoxy) is 2. The van der Waals surface area contributed by atoms with Crippen LogP contribution in [-0.4, -0.2) is 6.41 Å². The maximum atomic E-state index is 12.9. The van der Waals surface area contributed by atoms with Gasteiger partial charge in [-0.3, -0.25) is 4.79 Å². The van der Waals surface area contributed by atoms with Gasteiger partial charge in [0.25, 0.3) is 0 Å². The van der Waals surface area contributed by atoms with E-state index >= 15 is 0 Å². The number of nitrogens with one attached hydrogen (secondary N) is 1. The summed E-state index contributed by atoms with van der Waals surface area (Å²) in [6.07, 6.45) is -4.28. The van der Waals surface area contributed by atoms with E-state index in [0.717, 1.165) is 12.1 Å². The zero-order valence-corrected chi connectivity index (χ0v) is 10.4. The molecule has 21 heavy (non-hydrogen) atoms. The Balaban J connectivity index is 2.13. The Morgan fingerprint density at radius 2 is 1.67 bits per heavy atom. The molecule has 0 spiro atoms. The van der Waals surface area contributed by atoms with Crippen LogP contribution >= 0.6 is 0 Å². The number of carbonyl (C=O) groups excluding carboxylic acids is 1. The van der Waals surface area contributed by atoms with Crippen LogP contribution in [0.1, 0.15) is 5.56 Å². The van der Waals surface area contributed by atoms with Crippen LogP contribution in [0, 0.1) is 0 Å². The summed E-state index contributed by atoms with van der Waals surface area (Å²) in [4.78, 5) is 10.6. The molecule has 0 fully saturated rings. The van der Waals surface area contributed by atoms with Gasteiger partial charge in [0.05, 0.1) is 11.3 Å². The van der Waals surface area contributed by atoms with Crippen LogP contribution in [0.15, 0.2) is 36.4 Å². The molecule has 0 atom stereocenters. The van der Waals surface area contributed by atoms with Gasteiger partial charge in [-0.05, 0) is 24.3 Å². The minimum atomic E-state index is -4.56. The molecule has 1 heterocycles. The molecule has 0 unspecified atom stereocenters. The fraction of sp³-hybridized carbons (Fsp3) is 0.0714. The topological polar surface area (TPSA) is 47.6 Å². The summed E-state index contributed by atoms with van der Waals surface area (Å²) in [5.74, 6) is 0.599. The number of para-hydroxylation sites is 2. The van der Waals surface area contributed by atoms with Crippen molar-refractivity contribution in [3.8, 4) is 23.0 Å². The number of hydrogen-bond donors (Lipinski definition) is 1. The SMILES string of the molecule is O=CNc1cc(C(F)(F)F)cc2c1Oc1ccccc1O2. The van der Waals surface area contributed by atoms with Gasteiger partial charge in [0.15, 0.2) is 23.0 Å². The Kier molecular flexibility index (Phi) is 2.97. The molecule has 0 bridgehead atoms. The van der Waals surface area contributed by atoms with Crippen molar-refractivity contribution in [3.63, 3.8) is 0 Å². The van der Waals surface area contributed by atoms with Crippen molar-refractivity contribution in [1.82, 2.24) is 0 Å². The number of alkyl halides is 3. The summed E-state index contributed by atoms with van der Waals surface area (Å²) >= 11 is 0. The van der Waals surface area contributed by atoms with Gasteiger partial charge in [0.2, 0.25) is 6.41 Å². The van der Waals surface area contributed by atoms with Gasteiger partial charge >= 0.3 is 6.18 Å². The van der Waals surface area contributed by atoms with Crippen molar-refractivity contribution in [2.24, 2.45) is 0 Å². The van der Waals surface area contributed by atoms with E-state index in [9.17, 15) is 18.0 Å². The van der Waals surface area contributed by atoms with Crippen LogP contribution in [-0.2, 0) is 11.0 Å². The molecular weight excluding hydrogens is 287 g/mol. The molecule has 0 saturated carbocycles. The smallest absolute Gasteiger partial charge is 0.416 e. The number of hydrogen-bond acceptors (Lipinski definition) is 3. The highest BCUT2D eigenvalue weighted by molar-refractivity contribution is 5.79. The highest BCUT2D eigenvalue weighted by Gasteiger charge is 2.34. The van der Waals surface area contributed by atoms with E-state index in [-0.39, 0.29) is 23.6 Å². The zero-order valence-electron chi connectivity index (χ0n) is 10.4. The number of fused-ring (bicyclic) bond motifs is 2. The molecule has 7 heteroatoms. The van der Waals surface area contributed by atoms with Crippen molar-refractivity contribution < 1.29 is 27.4 Å². The number of benzene rings is 2. The molecule has 1 aliphatic heterocycles. The number of carbonyl (C=O) groups is 1. The van der Waals surface area contributed by atoms with Crippen molar-refractivity contribution in [3.05, 3.63) is 42.0 Å². The molecule has 4 nitrogen and oxygen atoms in total. The van der Waals surface area contributed by atoms with Crippen LogP contribution in [0.5, 0.6) is 23.0 Å². The van der Waals surface area contributed by atoms with E-state index in [1.807, 2.05) is 0 Å². The lowest BCUT2D eigenvalue weighted by molar-refractivity contribution is -0.137. The van der Waals surface area contributed by atoms with Gasteiger partial charge in [-0.2, -0.15) is 13.2 Å². The fourth-order valence-corrected chi connectivity index (χ4v) is 1.96. The second-order valence-electron chi connectivity index (χ2n) is 4.26. The Hall–Kier alpha value is -2.70. The van der Waals surface area contributed by atoms with Crippen LogP contribution in [0.2, 0.25) is 0 Å². The molecular formula is C14H8F3NO3. The highest BCUT2D eigenvalue weighted by atomic mass is 19.4. The first-order valence-electron chi connectivity index (χ1n) is 5.89. The van der Waals surface area contributed by atoms with Crippen LogP contribution in [0.4, 0.5) is 18.9 Å². The molecule has 0 radical (unpaired) electrons. The predicted octanol–water partition coefficient (Wildman–Crippen LogP) is 4.17. The summed E-state index contributed by atoms with van der Waals surface area (Å²) in [6, 6.07) is 8.19. The lowest BCUT2D eigenvalue weighted by Crippen LogP contribution is -2.09. The second-order valence-corrected chi connectivity index (χ2v) is 4.26. The van der Waals surface area contributed by atoms with Crippen molar-refractivity contribution in [1.29, 1.82) is 0 Å². The first-order valence-corrected chi connectivity index (χ1v) is 5.89. The summed E-state index contributed by atoms with van der Waals surface area (Å²) in [7, 11) is 0. The fourth-order valence-electron chi connectivity index (χ4n) is 1.96. The third kappa shape index (κ3) is 2.37. The van der Waals surface area contributed by atoms with Gasteiger partial charge in [-0.1, -0.05) is 12.1 Å². The molecule has 0 aromatic heterocycles. The average Bonchev–Trinajstić information content (AvgIpc) is 2.44. The molecule has 2 aromatic rings. The van der Waals surface area contributed by atoms with E-state index in [1.54, 1.807) is 24.3 Å². The van der Waals surface area contributed by atoms with E-state index in [4.69, 9.17) is 9.47 Å². The normalized spacial score (nSPS) is 12.5. The second kappa shape index (κ2) is 4.69. The van der Waals surface area contributed by atoms with E-state index in [2.05, 4.69) is 5.32 Å². The minimum Gasteiger partial charge on any atom is -0.449 e. The van der Waals surface area contributed by atoms with E-state index in [1.165, 1.54) is 0 Å². The Bertz CT molecular complexity index is 713. The van der Waals surface area contributed by atoms with Gasteiger partial charge < -0.3 is 14.8 Å². The van der Waals surface area contributed by atoms with E-state index < -0.39 is 11.7 Å². The molecule has 1 aliphatic rings. The monoisotopic (exact) mass is 295 g/mol. The summed E-state index contributed by atoms with van der Waals surface area (Å²) in [5, 5.41) is 2.19. The molecule has 108 valence electrons. The lowest BCUT2D eigenvalue weighted by atomic mass is 10.1. The number of amides is 1. The van der Waals surface area contributed by atoms with Gasteiger partial charge in [0, 0.05) is 0 Å². The average molecular weight is 295 g/mol. The highest BCUT2D eigenvalue weighted by Crippen LogP contribution is 2.50. The standard InChI is InChI=1S/C14H8F3NO3/c15-14(16,17)8-5-9(18-7-19)13-12(6-8)20-10-3-1-2-4-11(10)21-13/h1-7H,(H,18,19). The Morgan fingerprint density at radius 1 is 1.00 bits per heavy atom. The summed E-state index contributed by atoms with van der Waals surface area (Å²) in [5.41, 5.74) is -1.04.